The Labute approximate surface area is 129 Å². The Morgan fingerprint density at radius 2 is 2.00 bits per heavy atom. The maximum absolute atomic E-state index is 12.8. The van der Waals surface area contributed by atoms with Gasteiger partial charge in [-0.05, 0) is 42.9 Å². The fourth-order valence-electron chi connectivity index (χ4n) is 2.80. The summed E-state index contributed by atoms with van der Waals surface area (Å²) in [4.78, 5) is 0.204. The zero-order valence-corrected chi connectivity index (χ0v) is 14.3. The number of halogens is 1. The monoisotopic (exact) mass is 360 g/mol. The van der Waals surface area contributed by atoms with E-state index in [2.05, 4.69) is 29.8 Å². The molecule has 1 fully saturated rings. The molecule has 2 rings (SSSR count). The topological polar surface area (TPSA) is 63.4 Å². The third-order valence-corrected chi connectivity index (χ3v) is 6.89. The summed E-state index contributed by atoms with van der Waals surface area (Å²) in [5.41, 5.74) is 6.27. The van der Waals surface area contributed by atoms with Gasteiger partial charge in [-0.2, -0.15) is 4.31 Å². The highest BCUT2D eigenvalue weighted by Crippen LogP contribution is 2.40. The second-order valence-corrected chi connectivity index (χ2v) is 8.30. The number of nitrogens with zero attached hydrogens (tertiary/aromatic N) is 1. The summed E-state index contributed by atoms with van der Waals surface area (Å²) in [6.45, 7) is 5.43. The summed E-state index contributed by atoms with van der Waals surface area (Å²) >= 11 is 3.31. The lowest BCUT2D eigenvalue weighted by Crippen LogP contribution is -2.32. The average Bonchev–Trinajstić information content (AvgIpc) is 2.87. The molecule has 2 N–H and O–H groups in total. The van der Waals surface area contributed by atoms with Crippen LogP contribution in [0.2, 0.25) is 0 Å². The van der Waals surface area contributed by atoms with Gasteiger partial charge >= 0.3 is 0 Å². The van der Waals surface area contributed by atoms with Crippen molar-refractivity contribution in [2.24, 2.45) is 5.41 Å². The second kappa shape index (κ2) is 5.66. The van der Waals surface area contributed by atoms with Gasteiger partial charge in [0.2, 0.25) is 10.0 Å². The van der Waals surface area contributed by atoms with Crippen molar-refractivity contribution in [3.63, 3.8) is 0 Å². The molecule has 4 nitrogen and oxygen atoms in total. The van der Waals surface area contributed by atoms with Crippen molar-refractivity contribution in [2.75, 3.05) is 18.8 Å². The van der Waals surface area contributed by atoms with Gasteiger partial charge in [-0.3, -0.25) is 0 Å². The lowest BCUT2D eigenvalue weighted by Gasteiger charge is -2.26. The predicted molar refractivity (Wildman–Crippen MR) is 84.9 cm³/mol. The number of nitrogens with two attached hydrogens (primary N) is 1. The van der Waals surface area contributed by atoms with E-state index in [0.717, 1.165) is 23.7 Å². The molecule has 1 aromatic rings. The number of anilines is 1. The number of sulfonamides is 1. The van der Waals surface area contributed by atoms with E-state index in [0.29, 0.717) is 18.8 Å². The van der Waals surface area contributed by atoms with Crippen molar-refractivity contribution in [1.29, 1.82) is 0 Å². The van der Waals surface area contributed by atoms with Crippen LogP contribution in [-0.2, 0) is 10.0 Å². The SMILES string of the molecule is CCC1(CC)CCN(S(=O)(=O)c2cc(Br)ccc2N)C1. The van der Waals surface area contributed by atoms with Crippen LogP contribution in [0.4, 0.5) is 5.69 Å². The molecule has 1 heterocycles. The molecule has 0 aliphatic carbocycles. The van der Waals surface area contributed by atoms with Gasteiger partial charge in [0.15, 0.2) is 0 Å². The first kappa shape index (κ1) is 15.8. The van der Waals surface area contributed by atoms with Crippen molar-refractivity contribution < 1.29 is 8.42 Å². The molecule has 6 heteroatoms. The summed E-state index contributed by atoms with van der Waals surface area (Å²) in [5, 5.41) is 0. The fraction of sp³-hybridized carbons (Fsp3) is 0.571. The number of benzene rings is 1. The highest BCUT2D eigenvalue weighted by atomic mass is 79.9. The van der Waals surface area contributed by atoms with E-state index in [-0.39, 0.29) is 10.3 Å². The van der Waals surface area contributed by atoms with Gasteiger partial charge in [0, 0.05) is 17.6 Å². The molecule has 1 aromatic carbocycles. The highest BCUT2D eigenvalue weighted by Gasteiger charge is 2.41. The minimum Gasteiger partial charge on any atom is -0.398 e. The smallest absolute Gasteiger partial charge is 0.245 e. The van der Waals surface area contributed by atoms with Crippen LogP contribution in [0, 0.1) is 5.41 Å². The normalized spacial score (nSPS) is 19.4. The summed E-state index contributed by atoms with van der Waals surface area (Å²) in [6.07, 6.45) is 2.93. The van der Waals surface area contributed by atoms with E-state index in [1.165, 1.54) is 0 Å². The molecule has 1 saturated heterocycles. The molecule has 1 aliphatic heterocycles. The highest BCUT2D eigenvalue weighted by molar-refractivity contribution is 9.10. The van der Waals surface area contributed by atoms with E-state index in [4.69, 9.17) is 5.73 Å². The zero-order valence-electron chi connectivity index (χ0n) is 11.9. The van der Waals surface area contributed by atoms with E-state index < -0.39 is 10.0 Å². The van der Waals surface area contributed by atoms with Crippen LogP contribution in [0.25, 0.3) is 0 Å². The summed E-state index contributed by atoms with van der Waals surface area (Å²) in [5.74, 6) is 0. The maximum atomic E-state index is 12.8. The predicted octanol–water partition coefficient (Wildman–Crippen LogP) is 3.23. The summed E-state index contributed by atoms with van der Waals surface area (Å²) in [7, 11) is -3.50. The largest absolute Gasteiger partial charge is 0.398 e. The molecular weight excluding hydrogens is 340 g/mol. The number of hydrogen-bond acceptors (Lipinski definition) is 3. The van der Waals surface area contributed by atoms with Crippen LogP contribution < -0.4 is 5.73 Å². The molecule has 0 amide bonds. The molecule has 0 spiro atoms. The molecule has 0 bridgehead atoms. The molecule has 1 aliphatic rings. The third-order valence-electron chi connectivity index (χ3n) is 4.50. The molecule has 112 valence electrons. The van der Waals surface area contributed by atoms with Crippen LogP contribution >= 0.6 is 15.9 Å². The van der Waals surface area contributed by atoms with Crippen molar-refractivity contribution in [1.82, 2.24) is 4.31 Å². The van der Waals surface area contributed by atoms with Crippen LogP contribution in [0.3, 0.4) is 0 Å². The van der Waals surface area contributed by atoms with Gasteiger partial charge in [0.1, 0.15) is 4.90 Å². The third kappa shape index (κ3) is 2.73. The molecule has 0 aromatic heterocycles. The first-order chi connectivity index (χ1) is 9.34. The van der Waals surface area contributed by atoms with Gasteiger partial charge in [-0.15, -0.1) is 0 Å². The van der Waals surface area contributed by atoms with Gasteiger partial charge in [0.25, 0.3) is 0 Å². The number of hydrogen-bond donors (Lipinski definition) is 1. The van der Waals surface area contributed by atoms with E-state index >= 15 is 0 Å². The Bertz CT molecular complexity index is 597. The Morgan fingerprint density at radius 3 is 2.55 bits per heavy atom. The average molecular weight is 361 g/mol. The Morgan fingerprint density at radius 1 is 1.35 bits per heavy atom. The summed E-state index contributed by atoms with van der Waals surface area (Å²) < 4.78 is 27.8. The molecule has 20 heavy (non-hydrogen) atoms. The molecule has 0 unspecified atom stereocenters. The lowest BCUT2D eigenvalue weighted by molar-refractivity contribution is 0.279. The second-order valence-electron chi connectivity index (χ2n) is 5.48. The minimum atomic E-state index is -3.50. The van der Waals surface area contributed by atoms with Crippen molar-refractivity contribution in [2.45, 2.75) is 38.0 Å². The molecule has 0 radical (unpaired) electrons. The van der Waals surface area contributed by atoms with Crippen molar-refractivity contribution in [3.05, 3.63) is 22.7 Å². The fourth-order valence-corrected chi connectivity index (χ4v) is 5.01. The van der Waals surface area contributed by atoms with E-state index in [1.807, 2.05) is 0 Å². The number of rotatable bonds is 4. The number of nitrogen functional groups attached to an aromatic ring is 1. The van der Waals surface area contributed by atoms with Gasteiger partial charge in [-0.25, -0.2) is 8.42 Å². The van der Waals surface area contributed by atoms with Crippen LogP contribution in [0.1, 0.15) is 33.1 Å². The van der Waals surface area contributed by atoms with Crippen LogP contribution in [0.15, 0.2) is 27.6 Å². The lowest BCUT2D eigenvalue weighted by atomic mass is 9.82. The molecule has 0 atom stereocenters. The molecule has 0 saturated carbocycles. The zero-order chi connectivity index (χ0) is 15.0. The summed E-state index contributed by atoms with van der Waals surface area (Å²) in [6, 6.07) is 4.96. The Hall–Kier alpha value is -0.590. The van der Waals surface area contributed by atoms with Crippen molar-refractivity contribution in [3.8, 4) is 0 Å². The first-order valence-electron chi connectivity index (χ1n) is 6.90. The maximum Gasteiger partial charge on any atom is 0.245 e. The van der Waals surface area contributed by atoms with E-state index in [9.17, 15) is 8.42 Å². The Balaban J connectivity index is 2.35. The minimum absolute atomic E-state index is 0.119. The van der Waals surface area contributed by atoms with Crippen molar-refractivity contribution >= 4 is 31.6 Å². The van der Waals surface area contributed by atoms with Gasteiger partial charge in [-0.1, -0.05) is 29.8 Å². The Kier molecular flexibility index (Phi) is 4.47. The van der Waals surface area contributed by atoms with Gasteiger partial charge < -0.3 is 5.73 Å². The quantitative estimate of drug-likeness (QED) is 0.838. The molecular formula is C14H21BrN2O2S. The standard InChI is InChI=1S/C14H21BrN2O2S/c1-3-14(4-2)7-8-17(10-14)20(18,19)13-9-11(15)5-6-12(13)16/h5-6,9H,3-4,7-8,10,16H2,1-2H3. The first-order valence-corrected chi connectivity index (χ1v) is 9.13. The van der Waals surface area contributed by atoms with Gasteiger partial charge in [0.05, 0.1) is 5.69 Å². The van der Waals surface area contributed by atoms with Crippen LogP contribution in [0.5, 0.6) is 0 Å². The van der Waals surface area contributed by atoms with E-state index in [1.54, 1.807) is 22.5 Å². The van der Waals surface area contributed by atoms with Crippen LogP contribution in [-0.4, -0.2) is 25.8 Å².